The second kappa shape index (κ2) is 7.15. The largest absolute Gasteiger partial charge is 0.507 e. The molecule has 2 aromatic heterocycles. The van der Waals surface area contributed by atoms with Crippen molar-refractivity contribution in [2.75, 3.05) is 6.54 Å². The number of carbonyl (C=O) groups is 1. The first-order chi connectivity index (χ1) is 14.6. The van der Waals surface area contributed by atoms with Crippen LogP contribution in [0.3, 0.4) is 0 Å². The zero-order chi connectivity index (χ0) is 20.7. The van der Waals surface area contributed by atoms with Gasteiger partial charge in [-0.1, -0.05) is 36.9 Å². The summed E-state index contributed by atoms with van der Waals surface area (Å²) in [4.78, 5) is 17.2. The lowest BCUT2D eigenvalue weighted by Crippen LogP contribution is -2.34. The van der Waals surface area contributed by atoms with Crippen LogP contribution in [0.25, 0.3) is 33.5 Å². The zero-order valence-corrected chi connectivity index (χ0v) is 16.3. The van der Waals surface area contributed by atoms with E-state index >= 15 is 0 Å². The number of amides is 1. The molecule has 30 heavy (non-hydrogen) atoms. The number of nitrogens with zero attached hydrogens (tertiary/aromatic N) is 3. The van der Waals surface area contributed by atoms with Gasteiger partial charge in [0, 0.05) is 35.3 Å². The molecule has 2 N–H and O–H groups in total. The van der Waals surface area contributed by atoms with Gasteiger partial charge >= 0.3 is 0 Å². The Bertz CT molecular complexity index is 1290. The number of aromatic nitrogens is 3. The van der Waals surface area contributed by atoms with Crippen molar-refractivity contribution in [3.8, 4) is 28.3 Å². The summed E-state index contributed by atoms with van der Waals surface area (Å²) in [6.07, 6.45) is 2.16. The Balaban J connectivity index is 1.54. The highest BCUT2D eigenvalue weighted by atomic mass is 16.3. The Morgan fingerprint density at radius 2 is 1.93 bits per heavy atom. The monoisotopic (exact) mass is 396 g/mol. The number of nitrogens with one attached hydrogen (secondary N) is 1. The van der Waals surface area contributed by atoms with Crippen molar-refractivity contribution in [2.45, 2.75) is 13.0 Å². The van der Waals surface area contributed by atoms with Gasteiger partial charge in [0.25, 0.3) is 0 Å². The van der Waals surface area contributed by atoms with Crippen molar-refractivity contribution < 1.29 is 9.90 Å². The van der Waals surface area contributed by atoms with Crippen LogP contribution < -0.4 is 0 Å². The van der Waals surface area contributed by atoms with E-state index < -0.39 is 0 Å². The molecule has 2 aromatic carbocycles. The lowest BCUT2D eigenvalue weighted by atomic mass is 9.93. The van der Waals surface area contributed by atoms with Crippen molar-refractivity contribution in [1.29, 1.82) is 0 Å². The maximum absolute atomic E-state index is 12.0. The first-order valence-electron chi connectivity index (χ1n) is 9.81. The summed E-state index contributed by atoms with van der Waals surface area (Å²) in [6, 6.07) is 17.3. The number of phenolic OH excluding ortho intramolecular Hbond substituents is 1. The molecule has 3 heterocycles. The normalized spacial score (nSPS) is 13.3. The van der Waals surface area contributed by atoms with Gasteiger partial charge < -0.3 is 15.0 Å². The minimum Gasteiger partial charge on any atom is -0.507 e. The van der Waals surface area contributed by atoms with Gasteiger partial charge in [-0.2, -0.15) is 0 Å². The number of hydrogen-bond acceptors (Lipinski definition) is 4. The minimum atomic E-state index is -0.0383. The second-order valence-corrected chi connectivity index (χ2v) is 7.39. The number of hydrogen-bond donors (Lipinski definition) is 2. The third-order valence-electron chi connectivity index (χ3n) is 5.60. The van der Waals surface area contributed by atoms with Crippen molar-refractivity contribution in [1.82, 2.24) is 20.1 Å². The molecule has 0 unspecified atom stereocenters. The molecule has 1 aliphatic rings. The number of rotatable bonds is 3. The third kappa shape index (κ3) is 3.03. The predicted octanol–water partition coefficient (Wildman–Crippen LogP) is 4.07. The number of carbonyl (C=O) groups excluding carboxylic acids is 1. The van der Waals surface area contributed by atoms with E-state index in [1.165, 1.54) is 11.6 Å². The molecule has 0 bridgehead atoms. The number of aromatic hydroxyl groups is 1. The molecule has 0 spiro atoms. The summed E-state index contributed by atoms with van der Waals surface area (Å²) >= 11 is 0. The SMILES string of the molecule is C=CC(=O)N1CCc2c(cccc2-c2cc3cc(-c4ccccc4O)nnc3[nH]2)C1. The number of para-hydroxylation sites is 1. The molecule has 0 saturated carbocycles. The fourth-order valence-corrected chi connectivity index (χ4v) is 4.08. The van der Waals surface area contributed by atoms with E-state index in [9.17, 15) is 9.90 Å². The highest BCUT2D eigenvalue weighted by molar-refractivity contribution is 5.88. The van der Waals surface area contributed by atoms with E-state index in [2.05, 4.69) is 40.0 Å². The van der Waals surface area contributed by atoms with Gasteiger partial charge in [-0.3, -0.25) is 4.79 Å². The minimum absolute atomic E-state index is 0.0383. The number of benzene rings is 2. The molecular weight excluding hydrogens is 376 g/mol. The Labute approximate surface area is 173 Å². The Morgan fingerprint density at radius 1 is 1.10 bits per heavy atom. The Hall–Kier alpha value is -3.93. The first kappa shape index (κ1) is 18.1. The lowest BCUT2D eigenvalue weighted by molar-refractivity contribution is -0.126. The van der Waals surface area contributed by atoms with E-state index in [-0.39, 0.29) is 11.7 Å². The molecule has 0 aliphatic carbocycles. The molecule has 0 saturated heterocycles. The molecule has 5 rings (SSSR count). The summed E-state index contributed by atoms with van der Waals surface area (Å²) in [5.74, 6) is 0.140. The number of fused-ring (bicyclic) bond motifs is 2. The van der Waals surface area contributed by atoms with Crippen molar-refractivity contribution in [2.24, 2.45) is 0 Å². The lowest BCUT2D eigenvalue weighted by Gasteiger charge is -2.29. The van der Waals surface area contributed by atoms with E-state index in [0.29, 0.717) is 30.0 Å². The van der Waals surface area contributed by atoms with Crippen LogP contribution >= 0.6 is 0 Å². The van der Waals surface area contributed by atoms with Crippen LogP contribution in [0.2, 0.25) is 0 Å². The fourth-order valence-electron chi connectivity index (χ4n) is 4.08. The van der Waals surface area contributed by atoms with Crippen LogP contribution in [0, 0.1) is 0 Å². The molecule has 148 valence electrons. The number of phenols is 1. The molecule has 6 nitrogen and oxygen atoms in total. The van der Waals surface area contributed by atoms with Gasteiger partial charge in [-0.05, 0) is 47.9 Å². The topological polar surface area (TPSA) is 82.1 Å². The van der Waals surface area contributed by atoms with Crippen LogP contribution in [0.1, 0.15) is 11.1 Å². The van der Waals surface area contributed by atoms with Gasteiger partial charge in [0.1, 0.15) is 5.75 Å². The fraction of sp³-hybridized carbons (Fsp3) is 0.125. The van der Waals surface area contributed by atoms with Gasteiger partial charge in [0.2, 0.25) is 5.91 Å². The van der Waals surface area contributed by atoms with E-state index in [4.69, 9.17) is 0 Å². The van der Waals surface area contributed by atoms with Gasteiger partial charge in [0.15, 0.2) is 5.65 Å². The van der Waals surface area contributed by atoms with Crippen LogP contribution in [0.5, 0.6) is 5.75 Å². The van der Waals surface area contributed by atoms with Gasteiger partial charge in [0.05, 0.1) is 5.69 Å². The van der Waals surface area contributed by atoms with Crippen LogP contribution in [-0.4, -0.2) is 37.6 Å². The van der Waals surface area contributed by atoms with Gasteiger partial charge in [-0.25, -0.2) is 0 Å². The quantitative estimate of drug-likeness (QED) is 0.512. The van der Waals surface area contributed by atoms with Crippen LogP contribution in [-0.2, 0) is 17.8 Å². The highest BCUT2D eigenvalue weighted by Gasteiger charge is 2.22. The smallest absolute Gasteiger partial charge is 0.246 e. The molecule has 4 aromatic rings. The van der Waals surface area contributed by atoms with Crippen molar-refractivity contribution in [3.05, 3.63) is 78.4 Å². The Kier molecular flexibility index (Phi) is 4.32. The second-order valence-electron chi connectivity index (χ2n) is 7.39. The zero-order valence-electron chi connectivity index (χ0n) is 16.3. The highest BCUT2D eigenvalue weighted by Crippen LogP contribution is 2.33. The molecule has 1 amide bonds. The average Bonchev–Trinajstić information content (AvgIpc) is 3.21. The molecule has 0 fully saturated rings. The summed E-state index contributed by atoms with van der Waals surface area (Å²) in [7, 11) is 0. The standard InChI is InChI=1S/C24H20N4O2/c1-2-23(30)28-11-10-17-15(14-28)6-5-8-18(17)20-12-16-13-21(26-27-24(16)25-20)19-7-3-4-9-22(19)29/h2-9,12-13,29H,1,10-11,14H2,(H,25,27). The van der Waals surface area contributed by atoms with Crippen LogP contribution in [0.15, 0.2) is 67.3 Å². The maximum Gasteiger partial charge on any atom is 0.246 e. The number of H-pyrrole nitrogens is 1. The molecule has 6 heteroatoms. The Morgan fingerprint density at radius 3 is 2.77 bits per heavy atom. The summed E-state index contributed by atoms with van der Waals surface area (Å²) < 4.78 is 0. The summed E-state index contributed by atoms with van der Waals surface area (Å²) in [6.45, 7) is 4.85. The predicted molar refractivity (Wildman–Crippen MR) is 116 cm³/mol. The molecule has 0 radical (unpaired) electrons. The third-order valence-corrected chi connectivity index (χ3v) is 5.60. The van der Waals surface area contributed by atoms with E-state index in [1.54, 1.807) is 12.1 Å². The maximum atomic E-state index is 12.0. The van der Waals surface area contributed by atoms with Crippen molar-refractivity contribution in [3.63, 3.8) is 0 Å². The van der Waals surface area contributed by atoms with Gasteiger partial charge in [-0.15, -0.1) is 10.2 Å². The molecule has 1 aliphatic heterocycles. The first-order valence-corrected chi connectivity index (χ1v) is 9.81. The summed E-state index contributed by atoms with van der Waals surface area (Å²) in [5, 5.41) is 19.6. The van der Waals surface area contributed by atoms with E-state index in [0.717, 1.165) is 28.6 Å². The molecule has 0 atom stereocenters. The van der Waals surface area contributed by atoms with Crippen LogP contribution in [0.4, 0.5) is 0 Å². The average molecular weight is 396 g/mol. The molecular formula is C24H20N4O2. The number of aromatic amines is 1. The van der Waals surface area contributed by atoms with Crippen molar-refractivity contribution >= 4 is 16.9 Å². The summed E-state index contributed by atoms with van der Waals surface area (Å²) in [5.41, 5.74) is 6.44. The van der Waals surface area contributed by atoms with E-state index in [1.807, 2.05) is 29.2 Å².